The van der Waals surface area contributed by atoms with Crippen LogP contribution in [0, 0.1) is 13.8 Å². The Morgan fingerprint density at radius 2 is 1.73 bits per heavy atom. The topological polar surface area (TPSA) is 55.6 Å². The third kappa shape index (κ3) is 4.91. The minimum atomic E-state index is -4.39. The van der Waals surface area contributed by atoms with Crippen molar-refractivity contribution in [2.75, 3.05) is 19.4 Å². The Kier molecular flexibility index (Phi) is 5.79. The van der Waals surface area contributed by atoms with Crippen LogP contribution in [0.5, 0.6) is 5.75 Å². The third-order valence-electron chi connectivity index (χ3n) is 3.86. The second-order valence-corrected chi connectivity index (χ2v) is 6.21. The summed E-state index contributed by atoms with van der Waals surface area (Å²) >= 11 is 0. The molecule has 4 nitrogen and oxygen atoms in total. The van der Waals surface area contributed by atoms with Gasteiger partial charge in [0.1, 0.15) is 5.75 Å². The van der Waals surface area contributed by atoms with Crippen molar-refractivity contribution in [3.05, 3.63) is 58.7 Å². The zero-order chi connectivity index (χ0) is 19.5. The van der Waals surface area contributed by atoms with Gasteiger partial charge in [0, 0.05) is 19.3 Å². The molecule has 7 heteroatoms. The summed E-state index contributed by atoms with van der Waals surface area (Å²) in [5, 5.41) is 0. The van der Waals surface area contributed by atoms with Crippen LogP contribution >= 0.6 is 0 Å². The molecular formula is C19H21F3N2O2. The fraction of sp³-hybridized carbons (Fsp3) is 0.316. The molecule has 0 atom stereocenters. The van der Waals surface area contributed by atoms with E-state index in [4.69, 9.17) is 10.5 Å². The lowest BCUT2D eigenvalue weighted by Gasteiger charge is -2.20. The predicted molar refractivity (Wildman–Crippen MR) is 94.1 cm³/mol. The smallest absolute Gasteiger partial charge is 0.422 e. The van der Waals surface area contributed by atoms with E-state index < -0.39 is 12.8 Å². The number of nitrogens with two attached hydrogens (primary N) is 1. The number of hydrogen-bond acceptors (Lipinski definition) is 3. The molecule has 0 fully saturated rings. The summed E-state index contributed by atoms with van der Waals surface area (Å²) in [6.45, 7) is 2.33. The average molecular weight is 366 g/mol. The number of para-hydroxylation sites is 1. The molecule has 0 radical (unpaired) electrons. The van der Waals surface area contributed by atoms with Crippen LogP contribution in [0.1, 0.15) is 27.0 Å². The second kappa shape index (κ2) is 7.68. The maximum absolute atomic E-state index is 12.5. The lowest BCUT2D eigenvalue weighted by molar-refractivity contribution is -0.153. The van der Waals surface area contributed by atoms with E-state index in [9.17, 15) is 18.0 Å². The number of nitrogen functional groups attached to an aromatic ring is 1. The van der Waals surface area contributed by atoms with Gasteiger partial charge in [-0.15, -0.1) is 0 Å². The number of nitrogens with zero attached hydrogens (tertiary/aromatic N) is 1. The minimum absolute atomic E-state index is 0.215. The zero-order valence-corrected chi connectivity index (χ0v) is 14.9. The van der Waals surface area contributed by atoms with Gasteiger partial charge in [0.05, 0.1) is 5.56 Å². The highest BCUT2D eigenvalue weighted by molar-refractivity contribution is 5.98. The van der Waals surface area contributed by atoms with E-state index in [1.54, 1.807) is 57.3 Å². The van der Waals surface area contributed by atoms with Gasteiger partial charge in [-0.3, -0.25) is 4.79 Å². The first-order chi connectivity index (χ1) is 12.1. The van der Waals surface area contributed by atoms with E-state index in [-0.39, 0.29) is 11.7 Å². The molecule has 0 bridgehead atoms. The number of benzene rings is 2. The van der Waals surface area contributed by atoms with Gasteiger partial charge in [0.15, 0.2) is 6.61 Å². The van der Waals surface area contributed by atoms with Gasteiger partial charge in [-0.25, -0.2) is 0 Å². The van der Waals surface area contributed by atoms with Crippen molar-refractivity contribution in [2.45, 2.75) is 26.6 Å². The number of ether oxygens (including phenoxy) is 1. The monoisotopic (exact) mass is 366 g/mol. The number of aryl methyl sites for hydroxylation is 2. The Hall–Kier alpha value is -2.70. The molecule has 26 heavy (non-hydrogen) atoms. The van der Waals surface area contributed by atoms with Crippen molar-refractivity contribution in [2.24, 2.45) is 0 Å². The lowest BCUT2D eigenvalue weighted by Crippen LogP contribution is -2.27. The van der Waals surface area contributed by atoms with Gasteiger partial charge < -0.3 is 15.4 Å². The van der Waals surface area contributed by atoms with E-state index >= 15 is 0 Å². The summed E-state index contributed by atoms with van der Waals surface area (Å²) in [7, 11) is 1.65. The van der Waals surface area contributed by atoms with E-state index in [1.165, 1.54) is 4.90 Å². The van der Waals surface area contributed by atoms with Gasteiger partial charge in [-0.05, 0) is 42.7 Å². The molecular weight excluding hydrogens is 345 g/mol. The number of rotatable bonds is 5. The summed E-state index contributed by atoms with van der Waals surface area (Å²) in [5.74, 6) is -0.0110. The van der Waals surface area contributed by atoms with Crippen LogP contribution in [0.15, 0.2) is 36.4 Å². The van der Waals surface area contributed by atoms with Crippen LogP contribution in [0.3, 0.4) is 0 Å². The van der Waals surface area contributed by atoms with E-state index in [0.717, 1.165) is 5.56 Å². The Labute approximate surface area is 150 Å². The Morgan fingerprint density at radius 3 is 2.27 bits per heavy atom. The largest absolute Gasteiger partial charge is 0.484 e. The molecule has 2 aromatic rings. The molecule has 0 heterocycles. The number of carbonyl (C=O) groups is 1. The molecule has 1 amide bonds. The molecule has 0 saturated heterocycles. The first-order valence-electron chi connectivity index (χ1n) is 7.98. The Bertz CT molecular complexity index is 781. The lowest BCUT2D eigenvalue weighted by atomic mass is 10.0. The van der Waals surface area contributed by atoms with E-state index in [0.29, 0.717) is 28.9 Å². The molecule has 0 aromatic heterocycles. The van der Waals surface area contributed by atoms with Crippen molar-refractivity contribution in [3.8, 4) is 5.75 Å². The van der Waals surface area contributed by atoms with E-state index in [2.05, 4.69) is 0 Å². The fourth-order valence-corrected chi connectivity index (χ4v) is 2.76. The number of carbonyl (C=O) groups excluding carboxylic acids is 1. The summed E-state index contributed by atoms with van der Waals surface area (Å²) in [5.41, 5.74) is 8.61. The quantitative estimate of drug-likeness (QED) is 0.811. The highest BCUT2D eigenvalue weighted by atomic mass is 19.4. The number of hydrogen-bond donors (Lipinski definition) is 1. The summed E-state index contributed by atoms with van der Waals surface area (Å²) in [4.78, 5) is 14.0. The summed E-state index contributed by atoms with van der Waals surface area (Å²) < 4.78 is 42.0. The highest BCUT2D eigenvalue weighted by Crippen LogP contribution is 2.28. The molecule has 0 aliphatic carbocycles. The van der Waals surface area contributed by atoms with Crippen LogP contribution in [0.4, 0.5) is 18.9 Å². The van der Waals surface area contributed by atoms with Gasteiger partial charge in [-0.2, -0.15) is 13.2 Å². The van der Waals surface area contributed by atoms with E-state index in [1.807, 2.05) is 0 Å². The Morgan fingerprint density at radius 1 is 1.15 bits per heavy atom. The number of halogens is 3. The van der Waals surface area contributed by atoms with Crippen LogP contribution in [-0.4, -0.2) is 30.6 Å². The van der Waals surface area contributed by atoms with Crippen molar-refractivity contribution in [1.29, 1.82) is 0 Å². The molecule has 0 saturated carbocycles. The molecule has 0 aliphatic heterocycles. The highest BCUT2D eigenvalue weighted by Gasteiger charge is 2.29. The second-order valence-electron chi connectivity index (χ2n) is 6.21. The summed E-state index contributed by atoms with van der Waals surface area (Å²) in [6, 6.07) is 10.2. The van der Waals surface area contributed by atoms with Crippen molar-refractivity contribution >= 4 is 11.6 Å². The van der Waals surface area contributed by atoms with Crippen LogP contribution in [0.25, 0.3) is 0 Å². The molecule has 140 valence electrons. The maximum Gasteiger partial charge on any atom is 0.422 e. The molecule has 0 aliphatic rings. The standard InChI is InChI=1S/C19H21F3N2O2/c1-12-8-14(9-13(2)17(12)26-11-19(20,21)22)10-24(3)18(25)15-6-4-5-7-16(15)23/h4-9H,10-11,23H2,1-3H3. The van der Waals surface area contributed by atoms with Crippen LogP contribution in [-0.2, 0) is 6.54 Å². The molecule has 2 N–H and O–H groups in total. The maximum atomic E-state index is 12.5. The molecule has 0 unspecified atom stereocenters. The van der Waals surface area contributed by atoms with Crippen molar-refractivity contribution < 1.29 is 22.7 Å². The average Bonchev–Trinajstić information content (AvgIpc) is 2.52. The molecule has 0 spiro atoms. The van der Waals surface area contributed by atoms with Gasteiger partial charge in [0.25, 0.3) is 5.91 Å². The first-order valence-corrected chi connectivity index (χ1v) is 7.98. The number of alkyl halides is 3. The van der Waals surface area contributed by atoms with Crippen molar-refractivity contribution in [3.63, 3.8) is 0 Å². The third-order valence-corrected chi connectivity index (χ3v) is 3.86. The van der Waals surface area contributed by atoms with Gasteiger partial charge in [-0.1, -0.05) is 24.3 Å². The number of anilines is 1. The van der Waals surface area contributed by atoms with Gasteiger partial charge >= 0.3 is 6.18 Å². The SMILES string of the molecule is Cc1cc(CN(C)C(=O)c2ccccc2N)cc(C)c1OCC(F)(F)F. The van der Waals surface area contributed by atoms with Crippen LogP contribution in [0.2, 0.25) is 0 Å². The van der Waals surface area contributed by atoms with Gasteiger partial charge in [0.2, 0.25) is 0 Å². The fourth-order valence-electron chi connectivity index (χ4n) is 2.76. The number of amides is 1. The minimum Gasteiger partial charge on any atom is -0.484 e. The normalized spacial score (nSPS) is 11.3. The predicted octanol–water partition coefficient (Wildman–Crippen LogP) is 4.10. The zero-order valence-electron chi connectivity index (χ0n) is 14.9. The molecule has 2 rings (SSSR count). The van der Waals surface area contributed by atoms with Crippen LogP contribution < -0.4 is 10.5 Å². The van der Waals surface area contributed by atoms with Crippen molar-refractivity contribution in [1.82, 2.24) is 4.90 Å². The molecule has 2 aromatic carbocycles. The summed E-state index contributed by atoms with van der Waals surface area (Å²) in [6.07, 6.45) is -4.39. The Balaban J connectivity index is 2.15. The first kappa shape index (κ1) is 19.6.